The predicted molar refractivity (Wildman–Crippen MR) is 85.6 cm³/mol. The van der Waals surface area contributed by atoms with Crippen molar-refractivity contribution in [2.24, 2.45) is 0 Å². The van der Waals surface area contributed by atoms with Gasteiger partial charge in [-0.15, -0.1) is 0 Å². The second-order valence-corrected chi connectivity index (χ2v) is 6.88. The van der Waals surface area contributed by atoms with Gasteiger partial charge in [0.1, 0.15) is 5.15 Å². The van der Waals surface area contributed by atoms with E-state index in [0.717, 1.165) is 11.3 Å². The van der Waals surface area contributed by atoms with Crippen LogP contribution in [0.5, 0.6) is 0 Å². The maximum atomic E-state index is 12.3. The molecule has 1 N–H and O–H groups in total. The van der Waals surface area contributed by atoms with Crippen LogP contribution in [0.25, 0.3) is 0 Å². The first-order valence-electron chi connectivity index (χ1n) is 6.22. The number of rotatable bonds is 4. The van der Waals surface area contributed by atoms with Gasteiger partial charge in [0.05, 0.1) is 10.6 Å². The number of hydrogen-bond acceptors (Lipinski definition) is 4. The van der Waals surface area contributed by atoms with E-state index in [1.807, 2.05) is 38.1 Å². The van der Waals surface area contributed by atoms with Crippen LogP contribution in [0.1, 0.15) is 5.56 Å². The molecule has 0 aliphatic rings. The number of aryl methyl sites for hydroxylation is 1. The standard InChI is InChI=1S/C14H16ClN3O2S/c1-10-8-11(18(2)3)4-5-13(10)17-21(19,20)12-6-7-16-14(15)9-12/h4-9,17H,1-3H3. The summed E-state index contributed by atoms with van der Waals surface area (Å²) in [6, 6.07) is 8.22. The largest absolute Gasteiger partial charge is 0.378 e. The summed E-state index contributed by atoms with van der Waals surface area (Å²) in [4.78, 5) is 5.81. The molecule has 0 fully saturated rings. The van der Waals surface area contributed by atoms with Gasteiger partial charge >= 0.3 is 0 Å². The van der Waals surface area contributed by atoms with Crippen LogP contribution in [0.4, 0.5) is 11.4 Å². The van der Waals surface area contributed by atoms with Gasteiger partial charge in [0.2, 0.25) is 0 Å². The Labute approximate surface area is 129 Å². The fourth-order valence-corrected chi connectivity index (χ4v) is 3.18. The van der Waals surface area contributed by atoms with E-state index in [2.05, 4.69) is 9.71 Å². The lowest BCUT2D eigenvalue weighted by Gasteiger charge is -2.16. The van der Waals surface area contributed by atoms with E-state index in [9.17, 15) is 8.42 Å². The quantitative estimate of drug-likeness (QED) is 0.878. The van der Waals surface area contributed by atoms with Crippen molar-refractivity contribution in [3.63, 3.8) is 0 Å². The molecule has 0 radical (unpaired) electrons. The van der Waals surface area contributed by atoms with E-state index >= 15 is 0 Å². The van der Waals surface area contributed by atoms with Crippen molar-refractivity contribution >= 4 is 33.0 Å². The fraction of sp³-hybridized carbons (Fsp3) is 0.214. The van der Waals surface area contributed by atoms with Gasteiger partial charge in [-0.1, -0.05) is 11.6 Å². The molecule has 0 spiro atoms. The molecule has 0 bridgehead atoms. The third kappa shape index (κ3) is 3.65. The highest BCUT2D eigenvalue weighted by Gasteiger charge is 2.16. The molecule has 5 nitrogen and oxygen atoms in total. The molecule has 7 heteroatoms. The predicted octanol–water partition coefficient (Wildman–Crippen LogP) is 2.91. The zero-order valence-electron chi connectivity index (χ0n) is 12.0. The Morgan fingerprint density at radius 1 is 1.19 bits per heavy atom. The molecule has 0 saturated heterocycles. The fourth-order valence-electron chi connectivity index (χ4n) is 1.80. The molecule has 0 atom stereocenters. The first kappa shape index (κ1) is 15.6. The highest BCUT2D eigenvalue weighted by Crippen LogP contribution is 2.24. The molecule has 2 aromatic rings. The van der Waals surface area contributed by atoms with Crippen molar-refractivity contribution in [1.29, 1.82) is 0 Å². The van der Waals surface area contributed by atoms with Gasteiger partial charge in [0.25, 0.3) is 10.0 Å². The zero-order valence-corrected chi connectivity index (χ0v) is 13.5. The SMILES string of the molecule is Cc1cc(N(C)C)ccc1NS(=O)(=O)c1ccnc(Cl)c1. The highest BCUT2D eigenvalue weighted by molar-refractivity contribution is 7.92. The lowest BCUT2D eigenvalue weighted by Crippen LogP contribution is -2.14. The second kappa shape index (κ2) is 5.91. The van der Waals surface area contributed by atoms with Crippen molar-refractivity contribution in [2.45, 2.75) is 11.8 Å². The number of anilines is 2. The van der Waals surface area contributed by atoms with Crippen LogP contribution in [0.15, 0.2) is 41.4 Å². The first-order valence-corrected chi connectivity index (χ1v) is 8.08. The van der Waals surface area contributed by atoms with E-state index in [0.29, 0.717) is 5.69 Å². The van der Waals surface area contributed by atoms with Gasteiger partial charge in [0, 0.05) is 26.0 Å². The molecule has 0 aliphatic heterocycles. The van der Waals surface area contributed by atoms with Gasteiger partial charge in [-0.2, -0.15) is 0 Å². The van der Waals surface area contributed by atoms with Gasteiger partial charge in [0.15, 0.2) is 0 Å². The van der Waals surface area contributed by atoms with E-state index < -0.39 is 10.0 Å². The van der Waals surface area contributed by atoms with Crippen LogP contribution in [0, 0.1) is 6.92 Å². The first-order chi connectivity index (χ1) is 9.79. The minimum Gasteiger partial charge on any atom is -0.378 e. The second-order valence-electron chi connectivity index (χ2n) is 4.81. The number of sulfonamides is 1. The monoisotopic (exact) mass is 325 g/mol. The van der Waals surface area contributed by atoms with Crippen LogP contribution in [-0.2, 0) is 10.0 Å². The molecular weight excluding hydrogens is 310 g/mol. The third-order valence-corrected chi connectivity index (χ3v) is 4.55. The van der Waals surface area contributed by atoms with Gasteiger partial charge in [-0.3, -0.25) is 4.72 Å². The van der Waals surface area contributed by atoms with Crippen molar-refractivity contribution in [1.82, 2.24) is 4.98 Å². The van der Waals surface area contributed by atoms with Crippen LogP contribution in [0.2, 0.25) is 5.15 Å². The lowest BCUT2D eigenvalue weighted by atomic mass is 10.2. The molecule has 1 aromatic heterocycles. The minimum absolute atomic E-state index is 0.0820. The molecule has 0 amide bonds. The molecule has 1 aromatic carbocycles. The van der Waals surface area contributed by atoms with Crippen LogP contribution in [-0.4, -0.2) is 27.5 Å². The molecule has 2 rings (SSSR count). The average molecular weight is 326 g/mol. The summed E-state index contributed by atoms with van der Waals surface area (Å²) in [7, 11) is 0.177. The Bertz CT molecular complexity index is 761. The molecule has 1 heterocycles. The van der Waals surface area contributed by atoms with Crippen molar-refractivity contribution in [2.75, 3.05) is 23.7 Å². The average Bonchev–Trinajstić information content (AvgIpc) is 2.40. The van der Waals surface area contributed by atoms with Crippen molar-refractivity contribution in [3.8, 4) is 0 Å². The summed E-state index contributed by atoms with van der Waals surface area (Å²) in [6.07, 6.45) is 1.36. The molecule has 0 unspecified atom stereocenters. The van der Waals surface area contributed by atoms with E-state index in [4.69, 9.17) is 11.6 Å². The summed E-state index contributed by atoms with van der Waals surface area (Å²) < 4.78 is 27.2. The Kier molecular flexibility index (Phi) is 4.39. The highest BCUT2D eigenvalue weighted by atomic mass is 35.5. The van der Waals surface area contributed by atoms with Crippen LogP contribution in [0.3, 0.4) is 0 Å². The number of pyridine rings is 1. The topological polar surface area (TPSA) is 62.3 Å². The molecule has 21 heavy (non-hydrogen) atoms. The Balaban J connectivity index is 2.33. The van der Waals surface area contributed by atoms with Gasteiger partial charge < -0.3 is 4.90 Å². The number of halogens is 1. The molecule has 112 valence electrons. The molecule has 0 aliphatic carbocycles. The van der Waals surface area contributed by atoms with E-state index in [1.54, 1.807) is 6.07 Å². The Morgan fingerprint density at radius 3 is 2.48 bits per heavy atom. The number of aromatic nitrogens is 1. The maximum absolute atomic E-state index is 12.3. The lowest BCUT2D eigenvalue weighted by molar-refractivity contribution is 0.601. The summed E-state index contributed by atoms with van der Waals surface area (Å²) in [5, 5.41) is 0.137. The summed E-state index contributed by atoms with van der Waals surface area (Å²) in [5.74, 6) is 0. The molecule has 0 saturated carbocycles. The smallest absolute Gasteiger partial charge is 0.262 e. The van der Waals surface area contributed by atoms with Gasteiger partial charge in [-0.25, -0.2) is 13.4 Å². The zero-order chi connectivity index (χ0) is 15.6. The minimum atomic E-state index is -3.68. The third-order valence-electron chi connectivity index (χ3n) is 2.98. The number of benzene rings is 1. The Morgan fingerprint density at radius 2 is 1.90 bits per heavy atom. The number of nitrogens with one attached hydrogen (secondary N) is 1. The maximum Gasteiger partial charge on any atom is 0.262 e. The van der Waals surface area contributed by atoms with Gasteiger partial charge in [-0.05, 0) is 42.8 Å². The number of hydrogen-bond donors (Lipinski definition) is 1. The summed E-state index contributed by atoms with van der Waals surface area (Å²) >= 11 is 5.73. The van der Waals surface area contributed by atoms with E-state index in [1.165, 1.54) is 18.3 Å². The van der Waals surface area contributed by atoms with E-state index in [-0.39, 0.29) is 10.0 Å². The normalized spacial score (nSPS) is 11.2. The number of nitrogens with zero attached hydrogens (tertiary/aromatic N) is 2. The van der Waals surface area contributed by atoms with Crippen molar-refractivity contribution in [3.05, 3.63) is 47.2 Å². The Hall–Kier alpha value is -1.79. The summed E-state index contributed by atoms with van der Waals surface area (Å²) in [6.45, 7) is 1.85. The summed E-state index contributed by atoms with van der Waals surface area (Å²) in [5.41, 5.74) is 2.38. The van der Waals surface area contributed by atoms with Crippen molar-refractivity contribution < 1.29 is 8.42 Å². The van der Waals surface area contributed by atoms with Crippen LogP contribution < -0.4 is 9.62 Å². The molecular formula is C14H16ClN3O2S. The van der Waals surface area contributed by atoms with Crippen LogP contribution >= 0.6 is 11.6 Å².